The molecule has 2 aromatic rings. The van der Waals surface area contributed by atoms with Crippen LogP contribution in [0.25, 0.3) is 0 Å². The molecule has 0 aliphatic rings. The largest absolute Gasteiger partial charge is 0.251 e. The smallest absolute Gasteiger partial charge is 0.0665 e. The van der Waals surface area contributed by atoms with Crippen molar-refractivity contribution in [2.75, 3.05) is 0 Å². The molecule has 0 fully saturated rings. The van der Waals surface area contributed by atoms with Crippen molar-refractivity contribution in [3.63, 3.8) is 0 Å². The molecule has 0 radical (unpaired) electrons. The predicted octanol–water partition coefficient (Wildman–Crippen LogP) is 23.6. The molecule has 0 amide bonds. The number of nitrogens with zero attached hydrogens (tertiary/aromatic N) is 2. The molecule has 0 saturated heterocycles. The lowest BCUT2D eigenvalue weighted by Crippen LogP contribution is -2.15. The van der Waals surface area contributed by atoms with E-state index < -0.39 is 0 Å². The van der Waals surface area contributed by atoms with Gasteiger partial charge in [-0.25, -0.2) is 0 Å². The average molecular weight is 948 g/mol. The van der Waals surface area contributed by atoms with E-state index in [0.29, 0.717) is 0 Å². The zero-order chi connectivity index (χ0) is 49.2. The number of benzene rings is 2. The molecule has 0 N–H and O–H groups in total. The predicted molar refractivity (Wildman–Crippen MR) is 314 cm³/mol. The summed E-state index contributed by atoms with van der Waals surface area (Å²) in [6.45, 7) is 9.25. The molecule has 0 aromatic heterocycles. The van der Waals surface area contributed by atoms with Crippen LogP contribution >= 0.6 is 0 Å². The summed E-state index contributed by atoms with van der Waals surface area (Å²) in [6.07, 6.45) is 69.2. The van der Waals surface area contributed by atoms with Gasteiger partial charge in [0.1, 0.15) is 0 Å². The zero-order valence-electron chi connectivity index (χ0n) is 46.6. The highest BCUT2D eigenvalue weighted by atomic mass is 14.8. The summed E-state index contributed by atoms with van der Waals surface area (Å²) in [5, 5.41) is 0. The quantitative estimate of drug-likeness (QED) is 0.0359. The summed E-state index contributed by atoms with van der Waals surface area (Å²) in [4.78, 5) is 11.3. The number of allylic oxidation sites excluding steroid dienone is 4. The Balaban J connectivity index is 2.13. The van der Waals surface area contributed by atoms with Crippen molar-refractivity contribution in [2.45, 2.75) is 317 Å². The normalized spacial score (nSPS) is 12.4. The molecule has 2 aromatic carbocycles. The number of aliphatic imine (C=N–C) groups is 2. The first-order chi connectivity index (χ1) is 34.2. The summed E-state index contributed by atoms with van der Waals surface area (Å²) in [6, 6.07) is 18.1. The van der Waals surface area contributed by atoms with Gasteiger partial charge < -0.3 is 0 Å². The number of para-hydroxylation sites is 2. The van der Waals surface area contributed by atoms with Crippen LogP contribution in [0, 0.1) is 0 Å². The average Bonchev–Trinajstić information content (AvgIpc) is 3.37. The van der Waals surface area contributed by atoms with Crippen molar-refractivity contribution in [3.8, 4) is 0 Å². The van der Waals surface area contributed by atoms with Gasteiger partial charge in [-0.3, -0.25) is 9.98 Å². The maximum absolute atomic E-state index is 5.67. The first-order valence-corrected chi connectivity index (χ1v) is 30.8. The topological polar surface area (TPSA) is 24.7 Å². The van der Waals surface area contributed by atoms with E-state index >= 15 is 0 Å². The van der Waals surface area contributed by atoms with Crippen LogP contribution in [0.3, 0.4) is 0 Å². The second-order valence-electron chi connectivity index (χ2n) is 21.1. The fraction of sp³-hybridized carbons (Fsp3) is 0.731. The maximum Gasteiger partial charge on any atom is 0.0665 e. The van der Waals surface area contributed by atoms with Crippen molar-refractivity contribution in [2.24, 2.45) is 9.98 Å². The van der Waals surface area contributed by atoms with Crippen LogP contribution < -0.4 is 0 Å². The molecule has 0 spiro atoms. The Labute approximate surface area is 431 Å². The fourth-order valence-electron chi connectivity index (χ4n) is 9.95. The second kappa shape index (κ2) is 48.9. The van der Waals surface area contributed by atoms with Crippen LogP contribution in [0.5, 0.6) is 0 Å². The fourth-order valence-corrected chi connectivity index (χ4v) is 9.95. The molecule has 0 heterocycles. The van der Waals surface area contributed by atoms with E-state index in [2.05, 4.69) is 101 Å². The Morgan fingerprint density at radius 2 is 0.536 bits per heavy atom. The highest BCUT2D eigenvalue weighted by Crippen LogP contribution is 2.27. The van der Waals surface area contributed by atoms with E-state index in [-0.39, 0.29) is 0 Å². The van der Waals surface area contributed by atoms with Crippen LogP contribution in [0.2, 0.25) is 0 Å². The molecule has 69 heavy (non-hydrogen) atoms. The molecule has 0 bridgehead atoms. The molecule has 0 atom stereocenters. The Kier molecular flexibility index (Phi) is 44.2. The van der Waals surface area contributed by atoms with E-state index in [4.69, 9.17) is 9.98 Å². The van der Waals surface area contributed by atoms with Crippen LogP contribution in [0.4, 0.5) is 11.4 Å². The van der Waals surface area contributed by atoms with E-state index in [1.54, 1.807) is 0 Å². The summed E-state index contributed by atoms with van der Waals surface area (Å²) >= 11 is 0. The summed E-state index contributed by atoms with van der Waals surface area (Å²) < 4.78 is 0. The second-order valence-corrected chi connectivity index (χ2v) is 21.1. The Bertz CT molecular complexity index is 1530. The van der Waals surface area contributed by atoms with Crippen LogP contribution in [0.1, 0.15) is 315 Å². The van der Waals surface area contributed by atoms with Gasteiger partial charge in [0, 0.05) is 0 Å². The highest BCUT2D eigenvalue weighted by Gasteiger charge is 2.14. The lowest BCUT2D eigenvalue weighted by Gasteiger charge is -2.14. The van der Waals surface area contributed by atoms with E-state index in [9.17, 15) is 0 Å². The number of hydrogen-bond donors (Lipinski definition) is 0. The Morgan fingerprint density at radius 3 is 0.841 bits per heavy atom. The zero-order valence-corrected chi connectivity index (χ0v) is 46.6. The van der Waals surface area contributed by atoms with Crippen LogP contribution in [-0.4, -0.2) is 11.4 Å². The van der Waals surface area contributed by atoms with Gasteiger partial charge in [0.25, 0.3) is 0 Å². The molecule has 0 saturated carbocycles. The summed E-state index contributed by atoms with van der Waals surface area (Å²) in [5.74, 6) is 0. The molecule has 392 valence electrons. The van der Waals surface area contributed by atoms with E-state index in [1.165, 1.54) is 284 Å². The van der Waals surface area contributed by atoms with Crippen molar-refractivity contribution < 1.29 is 0 Å². The third kappa shape index (κ3) is 36.8. The molecule has 0 aliphatic heterocycles. The Hall–Kier alpha value is -2.74. The van der Waals surface area contributed by atoms with Crippen molar-refractivity contribution in [1.29, 1.82) is 0 Å². The van der Waals surface area contributed by atoms with Gasteiger partial charge in [-0.05, 0) is 113 Å². The number of aryl methyl sites for hydroxylation is 2. The lowest BCUT2D eigenvalue weighted by atomic mass is 9.99. The molecular formula is C67H114N2. The third-order valence-electron chi connectivity index (χ3n) is 14.5. The molecule has 2 heteroatoms. The van der Waals surface area contributed by atoms with E-state index in [1.807, 2.05) is 0 Å². The number of rotatable bonds is 50. The first kappa shape index (κ1) is 62.4. The minimum Gasteiger partial charge on any atom is -0.251 e. The molecule has 2 rings (SSSR count). The van der Waals surface area contributed by atoms with Gasteiger partial charge in [0.15, 0.2) is 0 Å². The number of hydrogen-bond acceptors (Lipinski definition) is 2. The van der Waals surface area contributed by atoms with Gasteiger partial charge in [0.05, 0.1) is 22.8 Å². The minimum atomic E-state index is 1.02. The van der Waals surface area contributed by atoms with Gasteiger partial charge >= 0.3 is 0 Å². The van der Waals surface area contributed by atoms with Gasteiger partial charge in [-0.2, -0.15) is 0 Å². The standard InChI is InChI=1S/C67H114N2/c1-5-9-13-17-21-24-26-28-30-32-34-37-39-42-46-54-62-56-50-52-58-64(62)68-66(60-48-44-20-16-12-8-4)67(61-49-45-41-36-23-19-15-11-7-3)69-65-59-53-51-57-63(65)55-47-43-40-38-35-33-31-29-27-25-22-18-14-10-6-2/h37-40,50-53,56-59H,5-36,41-49,54-55,60-61H2,1-4H3/b39-37+,40-38+,68-66?,69-67?. The Morgan fingerprint density at radius 1 is 0.290 bits per heavy atom. The van der Waals surface area contributed by atoms with Crippen LogP contribution in [-0.2, 0) is 12.8 Å². The van der Waals surface area contributed by atoms with Gasteiger partial charge in [-0.1, -0.05) is 287 Å². The highest BCUT2D eigenvalue weighted by molar-refractivity contribution is 6.43. The van der Waals surface area contributed by atoms with Gasteiger partial charge in [0.2, 0.25) is 0 Å². The molecular weight excluding hydrogens is 833 g/mol. The number of unbranched alkanes of at least 4 members (excludes halogenated alkanes) is 35. The summed E-state index contributed by atoms with van der Waals surface area (Å²) in [5.41, 5.74) is 7.63. The molecule has 0 aliphatic carbocycles. The van der Waals surface area contributed by atoms with E-state index in [0.717, 1.165) is 38.5 Å². The SMILES string of the molecule is CCCCCCCCCCCC/C=C/CCCc1ccccc1N=C(CCCCCCCC)C(CCCCCCCCCCC)=Nc1ccccc1CCC/C=C/CCCCCCCCCCCC. The van der Waals surface area contributed by atoms with Gasteiger partial charge in [-0.15, -0.1) is 0 Å². The first-order valence-electron chi connectivity index (χ1n) is 30.8. The lowest BCUT2D eigenvalue weighted by molar-refractivity contribution is 0.557. The van der Waals surface area contributed by atoms with Crippen LogP contribution in [0.15, 0.2) is 82.8 Å². The van der Waals surface area contributed by atoms with Crippen molar-refractivity contribution >= 4 is 22.8 Å². The van der Waals surface area contributed by atoms with Crippen molar-refractivity contribution in [1.82, 2.24) is 0 Å². The minimum absolute atomic E-state index is 1.02. The molecule has 0 unspecified atom stereocenters. The maximum atomic E-state index is 5.67. The molecule has 2 nitrogen and oxygen atoms in total. The van der Waals surface area contributed by atoms with Crippen molar-refractivity contribution in [3.05, 3.63) is 84.0 Å². The summed E-state index contributed by atoms with van der Waals surface area (Å²) in [7, 11) is 0. The monoisotopic (exact) mass is 947 g/mol. The third-order valence-corrected chi connectivity index (χ3v) is 14.5.